The zero-order valence-electron chi connectivity index (χ0n) is 9.88. The lowest BCUT2D eigenvalue weighted by atomic mass is 10.4. The number of hydrogen-bond acceptors (Lipinski definition) is 4. The summed E-state index contributed by atoms with van der Waals surface area (Å²) in [6, 6.07) is 0. The molecule has 1 heterocycles. The van der Waals surface area contributed by atoms with Crippen molar-refractivity contribution >= 4 is 17.2 Å². The molecule has 0 unspecified atom stereocenters. The first kappa shape index (κ1) is 13.1. The van der Waals surface area contributed by atoms with Crippen molar-refractivity contribution in [2.75, 3.05) is 19.6 Å². The number of hydrogen-bond donors (Lipinski definition) is 2. The molecule has 16 heavy (non-hydrogen) atoms. The van der Waals surface area contributed by atoms with E-state index in [0.29, 0.717) is 13.1 Å². The highest BCUT2D eigenvalue weighted by Gasteiger charge is 2.01. The fourth-order valence-corrected chi connectivity index (χ4v) is 2.04. The van der Waals surface area contributed by atoms with Crippen LogP contribution in [-0.4, -0.2) is 30.5 Å². The number of rotatable bonds is 7. The van der Waals surface area contributed by atoms with E-state index in [4.69, 9.17) is 0 Å². The predicted octanol–water partition coefficient (Wildman–Crippen LogP) is 1.11. The molecular formula is C11H19N3OS. The first-order chi connectivity index (χ1) is 7.72. The van der Waals surface area contributed by atoms with Crippen molar-refractivity contribution < 1.29 is 4.79 Å². The number of carbonyl (C=O) groups is 1. The van der Waals surface area contributed by atoms with Crippen LogP contribution in [0.1, 0.15) is 24.0 Å². The number of carbonyl (C=O) groups excluding carboxylic acids is 1. The quantitative estimate of drug-likeness (QED) is 0.703. The van der Waals surface area contributed by atoms with E-state index in [2.05, 4.69) is 22.5 Å². The van der Waals surface area contributed by atoms with E-state index in [1.807, 2.05) is 12.3 Å². The summed E-state index contributed by atoms with van der Waals surface area (Å²) in [7, 11) is 0. The van der Waals surface area contributed by atoms with Gasteiger partial charge in [-0.1, -0.05) is 6.92 Å². The SMILES string of the molecule is CCCNCC(=O)NCCc1nc(C)cs1. The molecule has 1 amide bonds. The van der Waals surface area contributed by atoms with Crippen LogP contribution in [-0.2, 0) is 11.2 Å². The molecule has 0 aliphatic heterocycles. The van der Waals surface area contributed by atoms with Crippen molar-refractivity contribution in [1.82, 2.24) is 15.6 Å². The second-order valence-corrected chi connectivity index (χ2v) is 4.60. The van der Waals surface area contributed by atoms with Gasteiger partial charge in [0.1, 0.15) is 0 Å². The Kier molecular flexibility index (Phi) is 6.03. The van der Waals surface area contributed by atoms with Crippen LogP contribution in [0.2, 0.25) is 0 Å². The Morgan fingerprint density at radius 3 is 2.94 bits per heavy atom. The fourth-order valence-electron chi connectivity index (χ4n) is 1.27. The molecule has 0 spiro atoms. The van der Waals surface area contributed by atoms with Gasteiger partial charge in [-0.2, -0.15) is 0 Å². The molecule has 4 nitrogen and oxygen atoms in total. The van der Waals surface area contributed by atoms with Crippen LogP contribution in [0.4, 0.5) is 0 Å². The minimum absolute atomic E-state index is 0.0572. The summed E-state index contributed by atoms with van der Waals surface area (Å²) in [6.07, 6.45) is 1.86. The molecule has 90 valence electrons. The van der Waals surface area contributed by atoms with Gasteiger partial charge in [0.15, 0.2) is 0 Å². The number of amides is 1. The number of nitrogens with zero attached hydrogens (tertiary/aromatic N) is 1. The number of thiazole rings is 1. The first-order valence-corrected chi connectivity index (χ1v) is 6.48. The third-order valence-electron chi connectivity index (χ3n) is 2.04. The number of aryl methyl sites for hydroxylation is 1. The largest absolute Gasteiger partial charge is 0.355 e. The third-order valence-corrected chi connectivity index (χ3v) is 3.07. The first-order valence-electron chi connectivity index (χ1n) is 5.60. The summed E-state index contributed by atoms with van der Waals surface area (Å²) in [6.45, 7) is 6.02. The Morgan fingerprint density at radius 2 is 2.31 bits per heavy atom. The van der Waals surface area contributed by atoms with E-state index in [0.717, 1.165) is 30.1 Å². The average Bonchev–Trinajstić information content (AvgIpc) is 2.65. The van der Waals surface area contributed by atoms with Crippen molar-refractivity contribution in [3.63, 3.8) is 0 Å². The van der Waals surface area contributed by atoms with Crippen LogP contribution >= 0.6 is 11.3 Å². The minimum Gasteiger partial charge on any atom is -0.355 e. The molecular weight excluding hydrogens is 222 g/mol. The lowest BCUT2D eigenvalue weighted by Crippen LogP contribution is -2.35. The number of nitrogens with one attached hydrogen (secondary N) is 2. The molecule has 2 N–H and O–H groups in total. The highest BCUT2D eigenvalue weighted by molar-refractivity contribution is 7.09. The molecule has 0 aromatic carbocycles. The Morgan fingerprint density at radius 1 is 1.50 bits per heavy atom. The smallest absolute Gasteiger partial charge is 0.233 e. The van der Waals surface area contributed by atoms with Gasteiger partial charge in [0.05, 0.1) is 11.6 Å². The zero-order valence-corrected chi connectivity index (χ0v) is 10.7. The molecule has 0 aliphatic rings. The van der Waals surface area contributed by atoms with Crippen molar-refractivity contribution in [3.05, 3.63) is 16.1 Å². The maximum absolute atomic E-state index is 11.3. The molecule has 0 atom stereocenters. The molecule has 0 fully saturated rings. The van der Waals surface area contributed by atoms with Crippen LogP contribution in [0.3, 0.4) is 0 Å². The predicted molar refractivity (Wildman–Crippen MR) is 66.7 cm³/mol. The normalized spacial score (nSPS) is 10.4. The lowest BCUT2D eigenvalue weighted by Gasteiger charge is -2.04. The molecule has 5 heteroatoms. The summed E-state index contributed by atoms with van der Waals surface area (Å²) < 4.78 is 0. The Hall–Kier alpha value is -0.940. The lowest BCUT2D eigenvalue weighted by molar-refractivity contribution is -0.120. The average molecular weight is 241 g/mol. The molecule has 1 aromatic heterocycles. The van der Waals surface area contributed by atoms with E-state index < -0.39 is 0 Å². The van der Waals surface area contributed by atoms with E-state index in [-0.39, 0.29) is 5.91 Å². The van der Waals surface area contributed by atoms with Crippen LogP contribution in [0.5, 0.6) is 0 Å². The summed E-state index contributed by atoms with van der Waals surface area (Å²) >= 11 is 1.64. The summed E-state index contributed by atoms with van der Waals surface area (Å²) in [5.41, 5.74) is 1.05. The Labute approximate surface area is 100 Å². The van der Waals surface area contributed by atoms with Crippen molar-refractivity contribution in [2.45, 2.75) is 26.7 Å². The topological polar surface area (TPSA) is 54.0 Å². The van der Waals surface area contributed by atoms with Gasteiger partial charge in [-0.15, -0.1) is 11.3 Å². The van der Waals surface area contributed by atoms with E-state index in [9.17, 15) is 4.79 Å². The molecule has 0 bridgehead atoms. The van der Waals surface area contributed by atoms with Gasteiger partial charge < -0.3 is 10.6 Å². The maximum atomic E-state index is 11.3. The molecule has 0 saturated heterocycles. The summed E-state index contributed by atoms with van der Waals surface area (Å²) in [4.78, 5) is 15.7. The number of aromatic nitrogens is 1. The fraction of sp³-hybridized carbons (Fsp3) is 0.636. The molecule has 0 radical (unpaired) electrons. The van der Waals surface area contributed by atoms with Gasteiger partial charge in [0, 0.05) is 24.0 Å². The van der Waals surface area contributed by atoms with Gasteiger partial charge in [-0.25, -0.2) is 4.98 Å². The second-order valence-electron chi connectivity index (χ2n) is 3.66. The molecule has 1 rings (SSSR count). The van der Waals surface area contributed by atoms with E-state index >= 15 is 0 Å². The van der Waals surface area contributed by atoms with Crippen LogP contribution in [0.15, 0.2) is 5.38 Å². The maximum Gasteiger partial charge on any atom is 0.233 e. The van der Waals surface area contributed by atoms with Gasteiger partial charge in [0.25, 0.3) is 0 Å². The van der Waals surface area contributed by atoms with Gasteiger partial charge in [-0.3, -0.25) is 4.79 Å². The summed E-state index contributed by atoms with van der Waals surface area (Å²) in [5, 5.41) is 9.04. The highest BCUT2D eigenvalue weighted by atomic mass is 32.1. The van der Waals surface area contributed by atoms with E-state index in [1.165, 1.54) is 0 Å². The van der Waals surface area contributed by atoms with Gasteiger partial charge in [0.2, 0.25) is 5.91 Å². The monoisotopic (exact) mass is 241 g/mol. The Balaban J connectivity index is 2.08. The molecule has 1 aromatic rings. The summed E-state index contributed by atoms with van der Waals surface area (Å²) in [5.74, 6) is 0.0572. The third kappa shape index (κ3) is 5.23. The van der Waals surface area contributed by atoms with Gasteiger partial charge >= 0.3 is 0 Å². The van der Waals surface area contributed by atoms with Crippen molar-refractivity contribution in [3.8, 4) is 0 Å². The van der Waals surface area contributed by atoms with Crippen molar-refractivity contribution in [2.24, 2.45) is 0 Å². The van der Waals surface area contributed by atoms with Crippen LogP contribution < -0.4 is 10.6 Å². The Bertz CT molecular complexity index is 325. The second kappa shape index (κ2) is 7.35. The van der Waals surface area contributed by atoms with Gasteiger partial charge in [-0.05, 0) is 19.9 Å². The van der Waals surface area contributed by atoms with Crippen LogP contribution in [0, 0.1) is 6.92 Å². The van der Waals surface area contributed by atoms with Crippen LogP contribution in [0.25, 0.3) is 0 Å². The zero-order chi connectivity index (χ0) is 11.8. The highest BCUT2D eigenvalue weighted by Crippen LogP contribution is 2.08. The van der Waals surface area contributed by atoms with Crippen molar-refractivity contribution in [1.29, 1.82) is 0 Å². The van der Waals surface area contributed by atoms with E-state index in [1.54, 1.807) is 11.3 Å². The minimum atomic E-state index is 0.0572. The molecule has 0 saturated carbocycles. The standard InChI is InChI=1S/C11H19N3OS/c1-3-5-12-7-10(15)13-6-4-11-14-9(2)8-16-11/h8,12H,3-7H2,1-2H3,(H,13,15). The molecule has 0 aliphatic carbocycles.